The molecule has 1 unspecified atom stereocenters. The predicted molar refractivity (Wildman–Crippen MR) is 75.7 cm³/mol. The molecular weight excluding hydrogens is 250 g/mol. The number of unbranched alkanes of at least 4 members (excludes halogenated alkanes) is 2. The van der Waals surface area contributed by atoms with E-state index in [9.17, 15) is 8.42 Å². The molecule has 1 saturated heterocycles. The van der Waals surface area contributed by atoms with Gasteiger partial charge in [-0.1, -0.05) is 19.8 Å². The van der Waals surface area contributed by atoms with E-state index in [0.29, 0.717) is 12.2 Å². The van der Waals surface area contributed by atoms with Crippen LogP contribution in [0.15, 0.2) is 4.99 Å². The fraction of sp³-hybridized carbons (Fsp3) is 0.917. The maximum atomic E-state index is 11.4. The number of aliphatic imine (C=N–C) groups is 1. The minimum absolute atomic E-state index is 0.0129. The van der Waals surface area contributed by atoms with Crippen LogP contribution < -0.4 is 10.6 Å². The largest absolute Gasteiger partial charge is 0.357 e. The summed E-state index contributed by atoms with van der Waals surface area (Å²) in [5.74, 6) is 1.27. The van der Waals surface area contributed by atoms with E-state index in [2.05, 4.69) is 22.5 Å². The van der Waals surface area contributed by atoms with Crippen molar-refractivity contribution in [2.45, 2.75) is 45.6 Å². The molecule has 106 valence electrons. The van der Waals surface area contributed by atoms with Crippen molar-refractivity contribution in [3.05, 3.63) is 0 Å². The first-order chi connectivity index (χ1) is 8.57. The van der Waals surface area contributed by atoms with Gasteiger partial charge in [0.1, 0.15) is 0 Å². The Balaban J connectivity index is 2.42. The van der Waals surface area contributed by atoms with E-state index < -0.39 is 9.84 Å². The molecule has 0 aromatic heterocycles. The average Bonchev–Trinajstić information content (AvgIpc) is 2.64. The SMILES string of the molecule is CCCCCN=C(NCC)NC1CCS(=O)(=O)C1. The van der Waals surface area contributed by atoms with Gasteiger partial charge >= 0.3 is 0 Å². The van der Waals surface area contributed by atoms with Gasteiger partial charge in [0, 0.05) is 19.1 Å². The lowest BCUT2D eigenvalue weighted by Crippen LogP contribution is -2.44. The summed E-state index contributed by atoms with van der Waals surface area (Å²) < 4.78 is 22.8. The molecule has 1 fully saturated rings. The summed E-state index contributed by atoms with van der Waals surface area (Å²) in [6.45, 7) is 5.76. The molecule has 1 aliphatic heterocycles. The van der Waals surface area contributed by atoms with Crippen LogP contribution in [0.2, 0.25) is 0 Å². The lowest BCUT2D eigenvalue weighted by molar-refractivity contribution is 0.599. The summed E-state index contributed by atoms with van der Waals surface area (Å²) in [6.07, 6.45) is 4.12. The van der Waals surface area contributed by atoms with E-state index in [4.69, 9.17) is 0 Å². The van der Waals surface area contributed by atoms with Crippen molar-refractivity contribution in [2.75, 3.05) is 24.6 Å². The highest BCUT2D eigenvalue weighted by Crippen LogP contribution is 2.10. The van der Waals surface area contributed by atoms with Crippen LogP contribution in [0.5, 0.6) is 0 Å². The number of nitrogens with zero attached hydrogens (tertiary/aromatic N) is 1. The van der Waals surface area contributed by atoms with Crippen LogP contribution >= 0.6 is 0 Å². The highest BCUT2D eigenvalue weighted by Gasteiger charge is 2.28. The quantitative estimate of drug-likeness (QED) is 0.429. The van der Waals surface area contributed by atoms with Gasteiger partial charge in [0.25, 0.3) is 0 Å². The molecule has 1 rings (SSSR count). The lowest BCUT2D eigenvalue weighted by Gasteiger charge is -2.15. The molecule has 1 aliphatic rings. The number of nitrogens with one attached hydrogen (secondary N) is 2. The fourth-order valence-electron chi connectivity index (χ4n) is 1.97. The Morgan fingerprint density at radius 3 is 2.67 bits per heavy atom. The summed E-state index contributed by atoms with van der Waals surface area (Å²) in [5, 5.41) is 6.37. The summed E-state index contributed by atoms with van der Waals surface area (Å²) in [4.78, 5) is 4.46. The highest BCUT2D eigenvalue weighted by atomic mass is 32.2. The van der Waals surface area contributed by atoms with Crippen molar-refractivity contribution in [3.63, 3.8) is 0 Å². The van der Waals surface area contributed by atoms with Crippen LogP contribution in [-0.2, 0) is 9.84 Å². The first kappa shape index (κ1) is 15.3. The molecule has 0 aromatic rings. The summed E-state index contributed by atoms with van der Waals surface area (Å²) >= 11 is 0. The Morgan fingerprint density at radius 2 is 2.11 bits per heavy atom. The normalized spacial score (nSPS) is 23.0. The Labute approximate surface area is 110 Å². The third-order valence-electron chi connectivity index (χ3n) is 2.95. The van der Waals surface area contributed by atoms with Gasteiger partial charge < -0.3 is 10.6 Å². The predicted octanol–water partition coefficient (Wildman–Crippen LogP) is 0.919. The van der Waals surface area contributed by atoms with Gasteiger partial charge in [-0.05, 0) is 19.8 Å². The molecule has 1 atom stereocenters. The van der Waals surface area contributed by atoms with Crippen LogP contribution in [0.4, 0.5) is 0 Å². The molecule has 0 bridgehead atoms. The molecule has 0 radical (unpaired) electrons. The van der Waals surface area contributed by atoms with Gasteiger partial charge in [-0.25, -0.2) is 8.42 Å². The van der Waals surface area contributed by atoms with Crippen LogP contribution in [0, 0.1) is 0 Å². The maximum absolute atomic E-state index is 11.4. The second-order valence-electron chi connectivity index (χ2n) is 4.71. The smallest absolute Gasteiger partial charge is 0.191 e. The minimum atomic E-state index is -2.83. The number of rotatable bonds is 6. The second-order valence-corrected chi connectivity index (χ2v) is 6.94. The molecule has 18 heavy (non-hydrogen) atoms. The molecular formula is C12H25N3O2S. The molecule has 5 nitrogen and oxygen atoms in total. The van der Waals surface area contributed by atoms with Gasteiger partial charge in [-0.3, -0.25) is 4.99 Å². The average molecular weight is 275 g/mol. The van der Waals surface area contributed by atoms with E-state index in [1.165, 1.54) is 12.8 Å². The number of guanidine groups is 1. The van der Waals surface area contributed by atoms with Crippen LogP contribution in [-0.4, -0.2) is 45.0 Å². The van der Waals surface area contributed by atoms with Crippen LogP contribution in [0.25, 0.3) is 0 Å². The van der Waals surface area contributed by atoms with E-state index in [-0.39, 0.29) is 11.8 Å². The molecule has 2 N–H and O–H groups in total. The molecule has 0 amide bonds. The third kappa shape index (κ3) is 5.71. The fourth-order valence-corrected chi connectivity index (χ4v) is 3.65. The van der Waals surface area contributed by atoms with Crippen LogP contribution in [0.3, 0.4) is 0 Å². The number of sulfone groups is 1. The Kier molecular flexibility index (Phi) is 6.46. The van der Waals surface area contributed by atoms with Crippen molar-refractivity contribution < 1.29 is 8.42 Å². The van der Waals surface area contributed by atoms with E-state index in [1.54, 1.807) is 0 Å². The monoisotopic (exact) mass is 275 g/mol. The Bertz CT molecular complexity index is 366. The van der Waals surface area contributed by atoms with Crippen molar-refractivity contribution in [2.24, 2.45) is 4.99 Å². The zero-order valence-corrected chi connectivity index (χ0v) is 12.2. The van der Waals surface area contributed by atoms with Gasteiger partial charge in [0.2, 0.25) is 0 Å². The first-order valence-corrected chi connectivity index (χ1v) is 8.64. The Hall–Kier alpha value is -0.780. The van der Waals surface area contributed by atoms with Gasteiger partial charge in [-0.15, -0.1) is 0 Å². The van der Waals surface area contributed by atoms with Crippen molar-refractivity contribution in [3.8, 4) is 0 Å². The summed E-state index contributed by atoms with van der Waals surface area (Å²) in [6, 6.07) is 0.0129. The van der Waals surface area contributed by atoms with E-state index in [1.807, 2.05) is 6.92 Å². The topological polar surface area (TPSA) is 70.6 Å². The third-order valence-corrected chi connectivity index (χ3v) is 4.72. The molecule has 1 heterocycles. The van der Waals surface area contributed by atoms with Crippen molar-refractivity contribution in [1.82, 2.24) is 10.6 Å². The molecule has 0 spiro atoms. The molecule has 0 aromatic carbocycles. The molecule has 0 aliphatic carbocycles. The summed E-state index contributed by atoms with van der Waals surface area (Å²) in [5.41, 5.74) is 0. The first-order valence-electron chi connectivity index (χ1n) is 6.82. The van der Waals surface area contributed by atoms with E-state index in [0.717, 1.165) is 25.5 Å². The molecule has 6 heteroatoms. The number of hydrogen-bond acceptors (Lipinski definition) is 3. The van der Waals surface area contributed by atoms with Crippen molar-refractivity contribution in [1.29, 1.82) is 0 Å². The highest BCUT2D eigenvalue weighted by molar-refractivity contribution is 7.91. The maximum Gasteiger partial charge on any atom is 0.191 e. The van der Waals surface area contributed by atoms with Gasteiger partial charge in [-0.2, -0.15) is 0 Å². The van der Waals surface area contributed by atoms with Gasteiger partial charge in [0.05, 0.1) is 11.5 Å². The summed E-state index contributed by atoms with van der Waals surface area (Å²) in [7, 11) is -2.83. The van der Waals surface area contributed by atoms with Crippen LogP contribution in [0.1, 0.15) is 39.5 Å². The standard InChI is InChI=1S/C12H25N3O2S/c1-3-5-6-8-14-12(13-4-2)15-11-7-9-18(16,17)10-11/h11H,3-10H2,1-2H3,(H2,13,14,15). The zero-order valence-electron chi connectivity index (χ0n) is 11.4. The number of hydrogen-bond donors (Lipinski definition) is 2. The van der Waals surface area contributed by atoms with Gasteiger partial charge in [0.15, 0.2) is 15.8 Å². The lowest BCUT2D eigenvalue weighted by atomic mass is 10.2. The van der Waals surface area contributed by atoms with Crippen molar-refractivity contribution >= 4 is 15.8 Å². The minimum Gasteiger partial charge on any atom is -0.357 e. The Morgan fingerprint density at radius 1 is 1.33 bits per heavy atom. The molecule has 0 saturated carbocycles. The van der Waals surface area contributed by atoms with E-state index >= 15 is 0 Å². The zero-order chi connectivity index (χ0) is 13.4. The second kappa shape index (κ2) is 7.61.